The highest BCUT2D eigenvalue weighted by Gasteiger charge is 2.14. The zero-order valence-corrected chi connectivity index (χ0v) is 18.6. The Morgan fingerprint density at radius 1 is 1.00 bits per heavy atom. The molecule has 2 aromatic carbocycles. The van der Waals surface area contributed by atoms with Gasteiger partial charge in [-0.25, -0.2) is 13.2 Å². The molecule has 188 valence electrons. The van der Waals surface area contributed by atoms with Gasteiger partial charge in [-0.1, -0.05) is 24.3 Å². The molecule has 0 aliphatic heterocycles. The molecule has 35 heavy (non-hydrogen) atoms. The fourth-order valence-corrected chi connectivity index (χ4v) is 3.14. The molecule has 0 amide bonds. The highest BCUT2D eigenvalue weighted by atomic mass is 19.2. The van der Waals surface area contributed by atoms with Gasteiger partial charge in [-0.3, -0.25) is 10.1 Å². The molecule has 0 fully saturated rings. The Balaban J connectivity index is 1.55. The quantitative estimate of drug-likeness (QED) is 0.104. The van der Waals surface area contributed by atoms with Gasteiger partial charge in [-0.2, -0.15) is 4.98 Å². The normalized spacial score (nSPS) is 12.1. The van der Waals surface area contributed by atoms with Gasteiger partial charge in [0.1, 0.15) is 12.1 Å². The molecule has 0 radical (unpaired) electrons. The van der Waals surface area contributed by atoms with Gasteiger partial charge in [0.05, 0.1) is 11.3 Å². The van der Waals surface area contributed by atoms with Gasteiger partial charge in [-0.15, -0.1) is 0 Å². The molecule has 0 aliphatic carbocycles. The lowest BCUT2D eigenvalue weighted by molar-refractivity contribution is 0.231. The van der Waals surface area contributed by atoms with E-state index >= 15 is 0 Å². The average Bonchev–Trinajstić information content (AvgIpc) is 2.80. The first-order chi connectivity index (χ1) is 16.7. The lowest BCUT2D eigenvalue weighted by Gasteiger charge is -2.16. The maximum absolute atomic E-state index is 13.7. The molecular formula is C22H27F3N8O2. The highest BCUT2D eigenvalue weighted by Crippen LogP contribution is 2.19. The predicted molar refractivity (Wildman–Crippen MR) is 126 cm³/mol. The molecule has 1 unspecified atom stereocenters. The van der Waals surface area contributed by atoms with E-state index < -0.39 is 41.3 Å². The van der Waals surface area contributed by atoms with E-state index in [1.54, 1.807) is 12.1 Å². The number of rotatable bonds is 12. The van der Waals surface area contributed by atoms with Crippen LogP contribution in [0.1, 0.15) is 12.0 Å². The molecule has 13 heteroatoms. The summed E-state index contributed by atoms with van der Waals surface area (Å²) in [7, 11) is 0. The van der Waals surface area contributed by atoms with Crippen molar-refractivity contribution in [3.63, 3.8) is 0 Å². The first-order valence-electron chi connectivity index (χ1n) is 10.7. The molecule has 3 aromatic rings. The van der Waals surface area contributed by atoms with Crippen molar-refractivity contribution in [2.24, 2.45) is 11.5 Å². The Bertz CT molecular complexity index is 1170. The van der Waals surface area contributed by atoms with Crippen molar-refractivity contribution in [3.05, 3.63) is 76.0 Å². The van der Waals surface area contributed by atoms with E-state index in [0.717, 1.165) is 18.5 Å². The van der Waals surface area contributed by atoms with Gasteiger partial charge in [0.2, 0.25) is 12.3 Å². The minimum atomic E-state index is -1.65. The van der Waals surface area contributed by atoms with Crippen LogP contribution in [0, 0.1) is 17.5 Å². The van der Waals surface area contributed by atoms with Crippen LogP contribution in [0.4, 0.5) is 24.8 Å². The summed E-state index contributed by atoms with van der Waals surface area (Å²) in [5.74, 6) is -3.87. The summed E-state index contributed by atoms with van der Waals surface area (Å²) < 4.78 is 40.0. The lowest BCUT2D eigenvalue weighted by atomic mass is 10.1. The first kappa shape index (κ1) is 26.1. The molecule has 10 nitrogen and oxygen atoms in total. The fraction of sp³-hybridized carbons (Fsp3) is 0.273. The average molecular weight is 493 g/mol. The van der Waals surface area contributed by atoms with Gasteiger partial charge in [0, 0.05) is 24.9 Å². The predicted octanol–water partition coefficient (Wildman–Crippen LogP) is 0.924. The van der Waals surface area contributed by atoms with Gasteiger partial charge in [0.25, 0.3) is 5.56 Å². The van der Waals surface area contributed by atoms with Crippen LogP contribution in [-0.4, -0.2) is 40.8 Å². The van der Waals surface area contributed by atoms with Crippen molar-refractivity contribution >= 4 is 11.6 Å². The monoisotopic (exact) mass is 492 g/mol. The molecule has 1 atom stereocenters. The minimum absolute atomic E-state index is 0.118. The second kappa shape index (κ2) is 12.3. The number of benzene rings is 2. The number of hydrogen-bond acceptors (Lipinski definition) is 9. The number of aromatic nitrogens is 2. The van der Waals surface area contributed by atoms with Crippen LogP contribution >= 0.6 is 0 Å². The number of aromatic amines is 1. The number of H-pyrrole nitrogens is 1. The molecule has 0 saturated carbocycles. The molecule has 1 heterocycles. The van der Waals surface area contributed by atoms with Gasteiger partial charge in [-0.05, 0) is 30.6 Å². The van der Waals surface area contributed by atoms with Gasteiger partial charge >= 0.3 is 0 Å². The molecule has 0 saturated heterocycles. The van der Waals surface area contributed by atoms with Crippen LogP contribution in [0.3, 0.4) is 0 Å². The summed E-state index contributed by atoms with van der Waals surface area (Å²) in [5, 5.41) is 20.8. The van der Waals surface area contributed by atoms with Crippen molar-refractivity contribution in [1.29, 1.82) is 0 Å². The number of nitrogens with zero attached hydrogens (tertiary/aromatic N) is 1. The van der Waals surface area contributed by atoms with E-state index in [1.165, 1.54) is 6.20 Å². The van der Waals surface area contributed by atoms with E-state index in [9.17, 15) is 23.1 Å². The Kier molecular flexibility index (Phi) is 9.17. The Morgan fingerprint density at radius 2 is 1.71 bits per heavy atom. The number of halogens is 3. The van der Waals surface area contributed by atoms with Crippen LogP contribution in [0.2, 0.25) is 0 Å². The lowest BCUT2D eigenvalue weighted by Crippen LogP contribution is -2.45. The molecule has 0 bridgehead atoms. The zero-order valence-electron chi connectivity index (χ0n) is 18.6. The maximum Gasteiger partial charge on any atom is 0.282 e. The Hall–Kier alpha value is -3.49. The van der Waals surface area contributed by atoms with Crippen LogP contribution in [-0.2, 0) is 6.54 Å². The fourth-order valence-electron chi connectivity index (χ4n) is 3.14. The number of hydrogen-bond donors (Lipinski definition) is 8. The van der Waals surface area contributed by atoms with Crippen molar-refractivity contribution in [2.75, 3.05) is 23.7 Å². The highest BCUT2D eigenvalue weighted by molar-refractivity contribution is 5.62. The summed E-state index contributed by atoms with van der Waals surface area (Å²) in [5.41, 5.74) is 11.7. The van der Waals surface area contributed by atoms with Crippen molar-refractivity contribution in [1.82, 2.24) is 20.6 Å². The SMILES string of the molecule is NC(N)NCCCNCc1ccc(-c2c[nH]c(NC(O)Nc3cc(F)c(F)cc3F)nc2=O)cc1. The van der Waals surface area contributed by atoms with Crippen molar-refractivity contribution < 1.29 is 18.3 Å². The minimum Gasteiger partial charge on any atom is -0.356 e. The number of aliphatic hydroxyl groups excluding tert-OH is 1. The number of nitrogens with two attached hydrogens (primary N) is 2. The number of anilines is 2. The summed E-state index contributed by atoms with van der Waals surface area (Å²) in [6, 6.07) is 8.24. The Morgan fingerprint density at radius 3 is 2.40 bits per heavy atom. The van der Waals surface area contributed by atoms with E-state index in [0.29, 0.717) is 36.3 Å². The Labute approximate surface area is 199 Å². The van der Waals surface area contributed by atoms with E-state index in [4.69, 9.17) is 11.5 Å². The topological polar surface area (TPSA) is 166 Å². The largest absolute Gasteiger partial charge is 0.356 e. The molecule has 1 aromatic heterocycles. The standard InChI is InChI=1S/C22H27F3N8O2/c23-15-8-17(25)18(9-16(15)24)31-22(35)33-21-30-11-14(19(34)32-21)13-4-2-12(3-5-13)10-28-6-1-7-29-20(26)27/h2-5,8-9,11,20,22,28-29,31,35H,1,6-7,10,26-27H2,(H2,30,32,33,34). The third-order valence-electron chi connectivity index (χ3n) is 4.88. The number of aliphatic hydroxyl groups is 1. The summed E-state index contributed by atoms with van der Waals surface area (Å²) in [4.78, 5) is 19.0. The van der Waals surface area contributed by atoms with Crippen molar-refractivity contribution in [2.45, 2.75) is 25.6 Å². The maximum atomic E-state index is 13.7. The molecule has 0 aliphatic rings. The number of nitrogens with one attached hydrogen (secondary N) is 5. The summed E-state index contributed by atoms with van der Waals surface area (Å²) in [6.45, 7) is 2.14. The zero-order chi connectivity index (χ0) is 25.4. The molecule has 0 spiro atoms. The van der Waals surface area contributed by atoms with Crippen LogP contribution in [0.15, 0.2) is 47.4 Å². The van der Waals surface area contributed by atoms with E-state index in [1.807, 2.05) is 12.1 Å². The van der Waals surface area contributed by atoms with E-state index in [-0.39, 0.29) is 5.95 Å². The first-order valence-corrected chi connectivity index (χ1v) is 10.7. The van der Waals surface area contributed by atoms with Crippen LogP contribution in [0.25, 0.3) is 11.1 Å². The summed E-state index contributed by atoms with van der Waals surface area (Å²) >= 11 is 0. The third kappa shape index (κ3) is 7.77. The van der Waals surface area contributed by atoms with E-state index in [2.05, 4.69) is 31.2 Å². The molecule has 10 N–H and O–H groups in total. The smallest absolute Gasteiger partial charge is 0.282 e. The van der Waals surface area contributed by atoms with Gasteiger partial charge in [0.15, 0.2) is 11.6 Å². The van der Waals surface area contributed by atoms with Crippen molar-refractivity contribution in [3.8, 4) is 11.1 Å². The van der Waals surface area contributed by atoms with Crippen LogP contribution in [0.5, 0.6) is 0 Å². The second-order valence-corrected chi connectivity index (χ2v) is 7.61. The summed E-state index contributed by atoms with van der Waals surface area (Å²) in [6.07, 6.45) is 0.0941. The van der Waals surface area contributed by atoms with Gasteiger partial charge < -0.3 is 37.5 Å². The molecular weight excluding hydrogens is 465 g/mol. The third-order valence-corrected chi connectivity index (χ3v) is 4.88. The second-order valence-electron chi connectivity index (χ2n) is 7.61. The van der Waals surface area contributed by atoms with Crippen LogP contribution < -0.4 is 38.3 Å². The molecule has 3 rings (SSSR count).